The summed E-state index contributed by atoms with van der Waals surface area (Å²) in [5.74, 6) is 0.312. The third-order valence-electron chi connectivity index (χ3n) is 5.20. The number of hydrogen-bond acceptors (Lipinski definition) is 5. The van der Waals surface area contributed by atoms with Crippen molar-refractivity contribution in [3.05, 3.63) is 102 Å². The van der Waals surface area contributed by atoms with Crippen LogP contribution in [0.3, 0.4) is 0 Å². The Kier molecular flexibility index (Phi) is 7.97. The Bertz CT molecular complexity index is 1500. The number of aryl methyl sites for hydroxylation is 1. The Labute approximate surface area is 223 Å². The van der Waals surface area contributed by atoms with Crippen LogP contribution in [0.2, 0.25) is 0 Å². The maximum absolute atomic E-state index is 13.1. The van der Waals surface area contributed by atoms with Crippen LogP contribution in [-0.2, 0) is 13.0 Å². The highest BCUT2D eigenvalue weighted by Gasteiger charge is 2.11. The highest BCUT2D eigenvalue weighted by Crippen LogP contribution is 2.23. The monoisotopic (exact) mass is 645 g/mol. The predicted octanol–water partition coefficient (Wildman–Crippen LogP) is 5.88. The van der Waals surface area contributed by atoms with Crippen molar-refractivity contribution < 1.29 is 14.6 Å². The number of hydrogen-bond donors (Lipinski definition) is 1. The first-order chi connectivity index (χ1) is 16.9. The molecule has 0 unspecified atom stereocenters. The molecule has 1 N–H and O–H groups in total. The predicted molar refractivity (Wildman–Crippen MR) is 148 cm³/mol. The van der Waals surface area contributed by atoms with Crippen molar-refractivity contribution in [2.45, 2.75) is 26.4 Å². The van der Waals surface area contributed by atoms with Crippen LogP contribution in [0.25, 0.3) is 10.9 Å². The maximum Gasteiger partial charge on any atom is 0.335 e. The van der Waals surface area contributed by atoms with E-state index in [1.54, 1.807) is 30.5 Å². The largest absolute Gasteiger partial charge is 0.488 e. The van der Waals surface area contributed by atoms with Crippen molar-refractivity contribution in [3.8, 4) is 5.75 Å². The molecule has 1 heterocycles. The molecule has 0 fully saturated rings. The molecule has 0 amide bonds. The van der Waals surface area contributed by atoms with Gasteiger partial charge in [-0.05, 0) is 88.7 Å². The van der Waals surface area contributed by atoms with Crippen molar-refractivity contribution >= 4 is 61.6 Å². The summed E-state index contributed by atoms with van der Waals surface area (Å²) in [5, 5.41) is 14.1. The Morgan fingerprint density at radius 1 is 1.20 bits per heavy atom. The summed E-state index contributed by atoms with van der Waals surface area (Å²) in [6.45, 7) is 2.28. The average Bonchev–Trinajstić information content (AvgIpc) is 2.84. The van der Waals surface area contributed by atoms with Gasteiger partial charge in [0.05, 0.1) is 26.3 Å². The first-order valence-electron chi connectivity index (χ1n) is 10.9. The second kappa shape index (κ2) is 11.1. The number of halogens is 2. The molecule has 0 bridgehead atoms. The van der Waals surface area contributed by atoms with E-state index < -0.39 is 5.97 Å². The van der Waals surface area contributed by atoms with Crippen LogP contribution >= 0.6 is 38.5 Å². The zero-order chi connectivity index (χ0) is 24.9. The number of rotatable bonds is 8. The van der Waals surface area contributed by atoms with Crippen molar-refractivity contribution in [1.29, 1.82) is 0 Å². The Morgan fingerprint density at radius 2 is 2.03 bits per heavy atom. The maximum atomic E-state index is 13.1. The van der Waals surface area contributed by atoms with Gasteiger partial charge in [-0.1, -0.05) is 35.0 Å². The molecule has 9 heteroatoms. The van der Waals surface area contributed by atoms with Crippen LogP contribution < -0.4 is 10.3 Å². The van der Waals surface area contributed by atoms with E-state index in [0.29, 0.717) is 28.9 Å². The topological polar surface area (TPSA) is 93.8 Å². The van der Waals surface area contributed by atoms with E-state index in [4.69, 9.17) is 9.84 Å². The lowest BCUT2D eigenvalue weighted by Gasteiger charge is -2.10. The van der Waals surface area contributed by atoms with Crippen LogP contribution in [0.4, 0.5) is 0 Å². The number of aromatic carboxylic acids is 1. The van der Waals surface area contributed by atoms with Crippen LogP contribution in [0.15, 0.2) is 75.0 Å². The Morgan fingerprint density at radius 3 is 2.77 bits per heavy atom. The third-order valence-corrected chi connectivity index (χ3v) is 6.53. The second-order valence-corrected chi connectivity index (χ2v) is 9.86. The van der Waals surface area contributed by atoms with Gasteiger partial charge in [-0.2, -0.15) is 9.78 Å². The zero-order valence-corrected chi connectivity index (χ0v) is 22.5. The molecule has 4 aromatic rings. The Balaban J connectivity index is 1.57. The minimum absolute atomic E-state index is 0.214. The van der Waals surface area contributed by atoms with E-state index in [1.165, 1.54) is 4.68 Å². The molecule has 0 saturated heterocycles. The van der Waals surface area contributed by atoms with Gasteiger partial charge in [-0.15, -0.1) is 0 Å². The van der Waals surface area contributed by atoms with Gasteiger partial charge in [0.15, 0.2) is 0 Å². The van der Waals surface area contributed by atoms with Crippen LogP contribution in [0.5, 0.6) is 5.75 Å². The molecule has 35 heavy (non-hydrogen) atoms. The molecule has 0 aliphatic heterocycles. The minimum atomic E-state index is -0.972. The van der Waals surface area contributed by atoms with Gasteiger partial charge in [-0.3, -0.25) is 4.79 Å². The fraction of sp³-hybridized carbons (Fsp3) is 0.154. The standard InChI is InChI=1S/C26H21BrIN3O4/c1-2-4-24-30-22-9-8-19(27)13-20(22)25(32)31(24)29-14-16-7-10-23(21(28)12-16)35-15-17-5-3-6-18(11-17)26(33)34/h3,5-14H,2,4,15H2,1H3,(H,33,34). The van der Waals surface area contributed by atoms with Gasteiger partial charge < -0.3 is 9.84 Å². The number of fused-ring (bicyclic) bond motifs is 1. The van der Waals surface area contributed by atoms with E-state index in [-0.39, 0.29) is 17.7 Å². The number of carboxylic acid groups (broad SMARTS) is 1. The fourth-order valence-electron chi connectivity index (χ4n) is 3.49. The minimum Gasteiger partial charge on any atom is -0.488 e. The van der Waals surface area contributed by atoms with Crippen LogP contribution in [0, 0.1) is 3.57 Å². The van der Waals surface area contributed by atoms with Gasteiger partial charge in [0.2, 0.25) is 0 Å². The normalized spacial score (nSPS) is 11.3. The number of aromatic nitrogens is 2. The lowest BCUT2D eigenvalue weighted by atomic mass is 10.1. The SMILES string of the molecule is CCCc1nc2ccc(Br)cc2c(=O)n1N=Cc1ccc(OCc2cccc(C(=O)O)c2)c(I)c1. The summed E-state index contributed by atoms with van der Waals surface area (Å²) in [7, 11) is 0. The fourth-order valence-corrected chi connectivity index (χ4v) is 4.55. The van der Waals surface area contributed by atoms with Crippen LogP contribution in [-0.4, -0.2) is 27.0 Å². The lowest BCUT2D eigenvalue weighted by molar-refractivity contribution is 0.0696. The number of carbonyl (C=O) groups is 1. The second-order valence-electron chi connectivity index (χ2n) is 7.79. The molecule has 0 atom stereocenters. The van der Waals surface area contributed by atoms with E-state index >= 15 is 0 Å². The van der Waals surface area contributed by atoms with Crippen molar-refractivity contribution in [3.63, 3.8) is 0 Å². The molecule has 7 nitrogen and oxygen atoms in total. The van der Waals surface area contributed by atoms with Crippen molar-refractivity contribution in [1.82, 2.24) is 9.66 Å². The summed E-state index contributed by atoms with van der Waals surface area (Å²) in [6, 6.07) is 17.7. The quantitative estimate of drug-likeness (QED) is 0.191. The highest BCUT2D eigenvalue weighted by molar-refractivity contribution is 14.1. The average molecular weight is 646 g/mol. The number of carboxylic acids is 1. The smallest absolute Gasteiger partial charge is 0.335 e. The summed E-state index contributed by atoms with van der Waals surface area (Å²) in [5.41, 5.74) is 2.23. The highest BCUT2D eigenvalue weighted by atomic mass is 127. The number of nitrogens with zero attached hydrogens (tertiary/aromatic N) is 3. The summed E-state index contributed by atoms with van der Waals surface area (Å²) in [4.78, 5) is 28.9. The summed E-state index contributed by atoms with van der Waals surface area (Å²) < 4.78 is 8.93. The van der Waals surface area contributed by atoms with E-state index in [2.05, 4.69) is 48.6 Å². The molecule has 1 aromatic heterocycles. The van der Waals surface area contributed by atoms with Crippen molar-refractivity contribution in [2.75, 3.05) is 0 Å². The van der Waals surface area contributed by atoms with Crippen LogP contribution in [0.1, 0.15) is 40.7 Å². The van der Waals surface area contributed by atoms with Gasteiger partial charge in [0, 0.05) is 10.9 Å². The molecular formula is C26H21BrIN3O4. The van der Waals surface area contributed by atoms with Gasteiger partial charge in [0.25, 0.3) is 5.56 Å². The molecule has 3 aromatic carbocycles. The summed E-state index contributed by atoms with van der Waals surface area (Å²) >= 11 is 5.59. The third kappa shape index (κ3) is 5.96. The van der Waals surface area contributed by atoms with Gasteiger partial charge in [0.1, 0.15) is 18.2 Å². The molecule has 0 radical (unpaired) electrons. The molecular weight excluding hydrogens is 625 g/mol. The zero-order valence-electron chi connectivity index (χ0n) is 18.7. The van der Waals surface area contributed by atoms with E-state index in [1.807, 2.05) is 43.3 Å². The number of benzene rings is 3. The molecule has 0 spiro atoms. The van der Waals surface area contributed by atoms with E-state index in [0.717, 1.165) is 25.6 Å². The molecule has 0 saturated carbocycles. The first-order valence-corrected chi connectivity index (χ1v) is 12.7. The number of ether oxygens (including phenoxy) is 1. The lowest BCUT2D eigenvalue weighted by Crippen LogP contribution is -2.22. The molecule has 4 rings (SSSR count). The van der Waals surface area contributed by atoms with Gasteiger partial charge >= 0.3 is 5.97 Å². The Hall–Kier alpha value is -3.05. The van der Waals surface area contributed by atoms with Crippen molar-refractivity contribution in [2.24, 2.45) is 5.10 Å². The summed E-state index contributed by atoms with van der Waals surface area (Å²) in [6.07, 6.45) is 3.10. The molecule has 0 aliphatic carbocycles. The van der Waals surface area contributed by atoms with Gasteiger partial charge in [-0.25, -0.2) is 9.78 Å². The molecule has 0 aliphatic rings. The molecule has 178 valence electrons. The van der Waals surface area contributed by atoms with E-state index in [9.17, 15) is 9.59 Å². The first kappa shape index (κ1) is 25.1.